The standard InChI is InChI=1S/C22H26N6O3/c1-16-4-5-18(19(14-16)30-3)31-15-22(29)27-12-10-26(11-13-27)20-6-7-21(25-24-20)28-9-8-23-17(28)2/h4-9,14H,10-13,15H2,1-3H3. The van der Waals surface area contributed by atoms with Gasteiger partial charge in [-0.15, -0.1) is 10.2 Å². The van der Waals surface area contributed by atoms with E-state index in [0.29, 0.717) is 37.7 Å². The zero-order valence-electron chi connectivity index (χ0n) is 18.0. The Morgan fingerprint density at radius 1 is 1.00 bits per heavy atom. The minimum Gasteiger partial charge on any atom is -0.493 e. The van der Waals surface area contributed by atoms with E-state index in [-0.39, 0.29) is 12.5 Å². The first-order chi connectivity index (χ1) is 15.0. The summed E-state index contributed by atoms with van der Waals surface area (Å²) in [6.45, 7) is 6.49. The molecule has 0 N–H and O–H groups in total. The summed E-state index contributed by atoms with van der Waals surface area (Å²) in [6, 6.07) is 9.52. The van der Waals surface area contributed by atoms with Crippen molar-refractivity contribution in [1.82, 2.24) is 24.6 Å². The van der Waals surface area contributed by atoms with Crippen LogP contribution < -0.4 is 14.4 Å². The van der Waals surface area contributed by atoms with Gasteiger partial charge >= 0.3 is 0 Å². The van der Waals surface area contributed by atoms with E-state index < -0.39 is 0 Å². The fourth-order valence-electron chi connectivity index (χ4n) is 3.55. The Bertz CT molecular complexity index is 1040. The molecule has 1 amide bonds. The van der Waals surface area contributed by atoms with Crippen molar-refractivity contribution in [3.63, 3.8) is 0 Å². The number of imidazole rings is 1. The summed E-state index contributed by atoms with van der Waals surface area (Å²) in [7, 11) is 1.59. The first-order valence-corrected chi connectivity index (χ1v) is 10.2. The number of aryl methyl sites for hydroxylation is 2. The lowest BCUT2D eigenvalue weighted by Crippen LogP contribution is -2.50. The van der Waals surface area contributed by atoms with Gasteiger partial charge in [0.05, 0.1) is 7.11 Å². The minimum atomic E-state index is -0.0423. The van der Waals surface area contributed by atoms with E-state index in [9.17, 15) is 4.79 Å². The molecule has 9 nitrogen and oxygen atoms in total. The molecule has 9 heteroatoms. The van der Waals surface area contributed by atoms with Crippen molar-refractivity contribution >= 4 is 11.7 Å². The number of benzene rings is 1. The summed E-state index contributed by atoms with van der Waals surface area (Å²) >= 11 is 0. The lowest BCUT2D eigenvalue weighted by Gasteiger charge is -2.35. The number of anilines is 1. The van der Waals surface area contributed by atoms with Crippen LogP contribution in [0, 0.1) is 13.8 Å². The zero-order valence-corrected chi connectivity index (χ0v) is 18.0. The number of rotatable bonds is 6. The molecule has 0 spiro atoms. The van der Waals surface area contributed by atoms with Gasteiger partial charge in [0, 0.05) is 38.6 Å². The summed E-state index contributed by atoms with van der Waals surface area (Å²) < 4.78 is 12.9. The molecule has 3 heterocycles. The number of aromatic nitrogens is 4. The van der Waals surface area contributed by atoms with E-state index in [4.69, 9.17) is 9.47 Å². The molecule has 4 rings (SSSR count). The number of methoxy groups -OCH3 is 1. The van der Waals surface area contributed by atoms with Crippen molar-refractivity contribution in [1.29, 1.82) is 0 Å². The summed E-state index contributed by atoms with van der Waals surface area (Å²) in [5.41, 5.74) is 1.07. The number of carbonyl (C=O) groups excluding carboxylic acids is 1. The van der Waals surface area contributed by atoms with Gasteiger partial charge in [-0.05, 0) is 43.7 Å². The molecule has 1 aromatic carbocycles. The van der Waals surface area contributed by atoms with Crippen LogP contribution in [-0.2, 0) is 4.79 Å². The summed E-state index contributed by atoms with van der Waals surface area (Å²) in [5.74, 6) is 3.55. The van der Waals surface area contributed by atoms with Crippen molar-refractivity contribution < 1.29 is 14.3 Å². The highest BCUT2D eigenvalue weighted by Crippen LogP contribution is 2.27. The number of amides is 1. The largest absolute Gasteiger partial charge is 0.493 e. The van der Waals surface area contributed by atoms with Crippen molar-refractivity contribution in [2.75, 3.05) is 44.8 Å². The maximum absolute atomic E-state index is 12.6. The third kappa shape index (κ3) is 4.60. The Labute approximate surface area is 181 Å². The maximum Gasteiger partial charge on any atom is 0.260 e. The van der Waals surface area contributed by atoms with Crippen molar-refractivity contribution in [3.8, 4) is 17.3 Å². The summed E-state index contributed by atoms with van der Waals surface area (Å²) in [6.07, 6.45) is 3.59. The first kappa shape index (κ1) is 20.6. The third-order valence-corrected chi connectivity index (χ3v) is 5.34. The topological polar surface area (TPSA) is 85.6 Å². The Balaban J connectivity index is 1.30. The van der Waals surface area contributed by atoms with E-state index >= 15 is 0 Å². The average Bonchev–Trinajstić information content (AvgIpc) is 3.24. The van der Waals surface area contributed by atoms with Gasteiger partial charge < -0.3 is 19.3 Å². The van der Waals surface area contributed by atoms with Crippen LogP contribution >= 0.6 is 0 Å². The van der Waals surface area contributed by atoms with Crippen molar-refractivity contribution in [2.45, 2.75) is 13.8 Å². The van der Waals surface area contributed by atoms with Crippen LogP contribution in [0.25, 0.3) is 5.82 Å². The van der Waals surface area contributed by atoms with E-state index in [1.807, 2.05) is 59.8 Å². The second-order valence-corrected chi connectivity index (χ2v) is 7.41. The van der Waals surface area contributed by atoms with Crippen molar-refractivity contribution in [3.05, 3.63) is 54.1 Å². The summed E-state index contributed by atoms with van der Waals surface area (Å²) in [5, 5.41) is 8.67. The third-order valence-electron chi connectivity index (χ3n) is 5.34. The fourth-order valence-corrected chi connectivity index (χ4v) is 3.55. The lowest BCUT2D eigenvalue weighted by atomic mass is 10.2. The predicted octanol–water partition coefficient (Wildman–Crippen LogP) is 2.02. The molecule has 0 atom stereocenters. The highest BCUT2D eigenvalue weighted by Gasteiger charge is 2.23. The molecule has 1 aliphatic heterocycles. The Morgan fingerprint density at radius 2 is 1.74 bits per heavy atom. The van der Waals surface area contributed by atoms with Gasteiger partial charge in [0.25, 0.3) is 5.91 Å². The Morgan fingerprint density at radius 3 is 2.39 bits per heavy atom. The van der Waals surface area contributed by atoms with Crippen LogP contribution in [0.3, 0.4) is 0 Å². The monoisotopic (exact) mass is 422 g/mol. The number of hydrogen-bond donors (Lipinski definition) is 0. The molecule has 2 aromatic heterocycles. The quantitative estimate of drug-likeness (QED) is 0.601. The van der Waals surface area contributed by atoms with Crippen LogP contribution in [0.5, 0.6) is 11.5 Å². The number of carbonyl (C=O) groups is 1. The molecule has 0 unspecified atom stereocenters. The van der Waals surface area contributed by atoms with Crippen LogP contribution in [-0.4, -0.2) is 70.5 Å². The molecule has 0 bridgehead atoms. The SMILES string of the molecule is COc1cc(C)ccc1OCC(=O)N1CCN(c2ccc(-n3ccnc3C)nn2)CC1. The van der Waals surface area contributed by atoms with Gasteiger partial charge in [0.15, 0.2) is 29.7 Å². The highest BCUT2D eigenvalue weighted by molar-refractivity contribution is 5.78. The molecule has 0 aliphatic carbocycles. The molecular weight excluding hydrogens is 396 g/mol. The molecule has 162 valence electrons. The first-order valence-electron chi connectivity index (χ1n) is 10.2. The van der Waals surface area contributed by atoms with Crippen LogP contribution in [0.15, 0.2) is 42.7 Å². The number of hydrogen-bond acceptors (Lipinski definition) is 7. The molecule has 1 saturated heterocycles. The predicted molar refractivity (Wildman–Crippen MR) is 116 cm³/mol. The zero-order chi connectivity index (χ0) is 21.8. The number of ether oxygens (including phenoxy) is 2. The van der Waals surface area contributed by atoms with E-state index in [1.54, 1.807) is 13.3 Å². The molecule has 1 aliphatic rings. The normalized spacial score (nSPS) is 13.9. The Kier molecular flexibility index (Phi) is 6.01. The van der Waals surface area contributed by atoms with Crippen molar-refractivity contribution in [2.24, 2.45) is 0 Å². The maximum atomic E-state index is 12.6. The second kappa shape index (κ2) is 9.03. The number of nitrogens with zero attached hydrogens (tertiary/aromatic N) is 6. The fraction of sp³-hybridized carbons (Fsp3) is 0.364. The van der Waals surface area contributed by atoms with Gasteiger partial charge in [-0.25, -0.2) is 4.98 Å². The molecule has 0 radical (unpaired) electrons. The van der Waals surface area contributed by atoms with Gasteiger partial charge in [-0.1, -0.05) is 6.07 Å². The highest BCUT2D eigenvalue weighted by atomic mass is 16.5. The molecule has 0 saturated carbocycles. The second-order valence-electron chi connectivity index (χ2n) is 7.41. The van der Waals surface area contributed by atoms with Crippen LogP contribution in [0.2, 0.25) is 0 Å². The molecule has 1 fully saturated rings. The van der Waals surface area contributed by atoms with Crippen LogP contribution in [0.4, 0.5) is 5.82 Å². The minimum absolute atomic E-state index is 0.0157. The van der Waals surface area contributed by atoms with E-state index in [2.05, 4.69) is 20.1 Å². The van der Waals surface area contributed by atoms with Gasteiger partial charge in [0.2, 0.25) is 0 Å². The van der Waals surface area contributed by atoms with Gasteiger partial charge in [0.1, 0.15) is 5.82 Å². The lowest BCUT2D eigenvalue weighted by molar-refractivity contribution is -0.133. The molecule has 3 aromatic rings. The molecular formula is C22H26N6O3. The van der Waals surface area contributed by atoms with E-state index in [0.717, 1.165) is 23.0 Å². The Hall–Kier alpha value is -3.62. The van der Waals surface area contributed by atoms with Crippen LogP contribution in [0.1, 0.15) is 11.4 Å². The average molecular weight is 422 g/mol. The van der Waals surface area contributed by atoms with Gasteiger partial charge in [-0.2, -0.15) is 0 Å². The molecule has 31 heavy (non-hydrogen) atoms. The van der Waals surface area contributed by atoms with Gasteiger partial charge in [-0.3, -0.25) is 9.36 Å². The smallest absolute Gasteiger partial charge is 0.260 e. The number of piperazine rings is 1. The van der Waals surface area contributed by atoms with E-state index in [1.165, 1.54) is 0 Å². The summed E-state index contributed by atoms with van der Waals surface area (Å²) in [4.78, 5) is 20.7.